The Morgan fingerprint density at radius 3 is 2.32 bits per heavy atom. The number of hydrogen-bond donors (Lipinski definition) is 1. The van der Waals surface area contributed by atoms with E-state index in [-0.39, 0.29) is 24.9 Å². The van der Waals surface area contributed by atoms with Gasteiger partial charge >= 0.3 is 11.9 Å². The molecule has 1 aromatic rings. The highest BCUT2D eigenvalue weighted by Crippen LogP contribution is 2.45. The second kappa shape index (κ2) is 9.37. The standard InChI is InChI=1S/C24H29NO6/c1-6-30-23(27)18-13(3)12-17-21(22(18)26)20(15-8-10-16(29-5)11-9-15)19(14(4)25-17)24(28)31-7-2/h8-11,13,18,20,25H,6-7,12H2,1-5H3/t13-,18-,20-/m1/s1. The van der Waals surface area contributed by atoms with Crippen LogP contribution in [0.15, 0.2) is 46.8 Å². The molecule has 7 heteroatoms. The summed E-state index contributed by atoms with van der Waals surface area (Å²) in [4.78, 5) is 39.1. The van der Waals surface area contributed by atoms with Gasteiger partial charge in [-0.25, -0.2) is 4.79 Å². The minimum Gasteiger partial charge on any atom is -0.497 e. The number of benzene rings is 1. The largest absolute Gasteiger partial charge is 0.497 e. The molecule has 1 aromatic carbocycles. The fourth-order valence-corrected chi connectivity index (χ4v) is 4.39. The molecule has 0 saturated heterocycles. The predicted molar refractivity (Wildman–Crippen MR) is 114 cm³/mol. The number of rotatable bonds is 6. The number of hydrogen-bond acceptors (Lipinski definition) is 7. The maximum atomic E-state index is 13.6. The Balaban J connectivity index is 2.14. The van der Waals surface area contributed by atoms with Gasteiger partial charge in [0, 0.05) is 22.9 Å². The number of carbonyl (C=O) groups is 3. The molecule has 2 aliphatic rings. The van der Waals surface area contributed by atoms with Crippen molar-refractivity contribution in [2.45, 2.75) is 40.0 Å². The number of carbonyl (C=O) groups excluding carboxylic acids is 3. The summed E-state index contributed by atoms with van der Waals surface area (Å²) in [5.41, 5.74) is 2.94. The lowest BCUT2D eigenvalue weighted by molar-refractivity contribution is -0.153. The number of ketones is 1. The van der Waals surface area contributed by atoms with Crippen LogP contribution in [0.25, 0.3) is 0 Å². The normalized spacial score (nSPS) is 23.1. The number of Topliss-reactive ketones (excluding diaryl/α,β-unsaturated/α-hetero) is 1. The average Bonchev–Trinajstić information content (AvgIpc) is 2.73. The molecule has 1 N–H and O–H groups in total. The van der Waals surface area contributed by atoms with Crippen LogP contribution in [-0.4, -0.2) is 38.0 Å². The van der Waals surface area contributed by atoms with Gasteiger partial charge in [-0.2, -0.15) is 0 Å². The lowest BCUT2D eigenvalue weighted by Gasteiger charge is -2.38. The molecule has 0 radical (unpaired) electrons. The van der Waals surface area contributed by atoms with Crippen LogP contribution >= 0.6 is 0 Å². The molecule has 3 rings (SSSR count). The van der Waals surface area contributed by atoms with E-state index in [1.54, 1.807) is 40.0 Å². The second-order valence-electron chi connectivity index (χ2n) is 7.76. The molecule has 0 fully saturated rings. The van der Waals surface area contributed by atoms with Gasteiger partial charge in [-0.1, -0.05) is 19.1 Å². The smallest absolute Gasteiger partial charge is 0.336 e. The molecule has 0 spiro atoms. The van der Waals surface area contributed by atoms with E-state index in [9.17, 15) is 14.4 Å². The molecular weight excluding hydrogens is 398 g/mol. The van der Waals surface area contributed by atoms with E-state index in [1.807, 2.05) is 19.1 Å². The van der Waals surface area contributed by atoms with Crippen LogP contribution in [-0.2, 0) is 23.9 Å². The topological polar surface area (TPSA) is 90.9 Å². The molecule has 1 heterocycles. The zero-order chi connectivity index (χ0) is 22.7. The van der Waals surface area contributed by atoms with Gasteiger partial charge in [0.1, 0.15) is 11.7 Å². The van der Waals surface area contributed by atoms with Gasteiger partial charge in [0.25, 0.3) is 0 Å². The van der Waals surface area contributed by atoms with Gasteiger partial charge in [0.05, 0.1) is 25.9 Å². The molecule has 1 aliphatic carbocycles. The van der Waals surface area contributed by atoms with Crippen LogP contribution in [0.5, 0.6) is 5.75 Å². The van der Waals surface area contributed by atoms with E-state index >= 15 is 0 Å². The molecule has 0 saturated carbocycles. The van der Waals surface area contributed by atoms with Crippen LogP contribution < -0.4 is 10.1 Å². The summed E-state index contributed by atoms with van der Waals surface area (Å²) in [6.07, 6.45) is 0.505. The van der Waals surface area contributed by atoms with E-state index in [0.29, 0.717) is 29.0 Å². The third-order valence-electron chi connectivity index (χ3n) is 5.77. The summed E-state index contributed by atoms with van der Waals surface area (Å²) in [5, 5.41) is 3.24. The number of ether oxygens (including phenoxy) is 3. The molecule has 7 nitrogen and oxygen atoms in total. The summed E-state index contributed by atoms with van der Waals surface area (Å²) in [6.45, 7) is 7.54. The van der Waals surface area contributed by atoms with Crippen molar-refractivity contribution in [3.05, 3.63) is 52.4 Å². The van der Waals surface area contributed by atoms with Gasteiger partial charge in [-0.05, 0) is 50.8 Å². The summed E-state index contributed by atoms with van der Waals surface area (Å²) in [7, 11) is 1.57. The first kappa shape index (κ1) is 22.6. The van der Waals surface area contributed by atoms with Crippen LogP contribution in [0.2, 0.25) is 0 Å². The van der Waals surface area contributed by atoms with Gasteiger partial charge in [0.2, 0.25) is 0 Å². The van der Waals surface area contributed by atoms with Crippen molar-refractivity contribution in [2.24, 2.45) is 11.8 Å². The summed E-state index contributed by atoms with van der Waals surface area (Å²) < 4.78 is 15.7. The highest BCUT2D eigenvalue weighted by Gasteiger charge is 2.47. The third kappa shape index (κ3) is 4.22. The lowest BCUT2D eigenvalue weighted by atomic mass is 9.69. The van der Waals surface area contributed by atoms with Crippen molar-refractivity contribution in [3.63, 3.8) is 0 Å². The molecular formula is C24H29NO6. The highest BCUT2D eigenvalue weighted by atomic mass is 16.5. The molecule has 3 atom stereocenters. The lowest BCUT2D eigenvalue weighted by Crippen LogP contribution is -2.43. The molecule has 0 aromatic heterocycles. The molecule has 0 unspecified atom stereocenters. The fraction of sp³-hybridized carbons (Fsp3) is 0.458. The minimum atomic E-state index is -0.900. The van der Waals surface area contributed by atoms with Crippen LogP contribution in [0, 0.1) is 11.8 Å². The first-order chi connectivity index (χ1) is 14.8. The number of nitrogens with one attached hydrogen (secondary N) is 1. The van der Waals surface area contributed by atoms with E-state index < -0.39 is 23.8 Å². The quantitative estimate of drug-likeness (QED) is 0.550. The first-order valence-corrected chi connectivity index (χ1v) is 10.6. The molecule has 31 heavy (non-hydrogen) atoms. The van der Waals surface area contributed by atoms with Gasteiger partial charge in [-0.3, -0.25) is 9.59 Å². The molecule has 1 aliphatic heterocycles. The Bertz CT molecular complexity index is 943. The van der Waals surface area contributed by atoms with Crippen LogP contribution in [0.4, 0.5) is 0 Å². The van der Waals surface area contributed by atoms with E-state index in [1.165, 1.54) is 0 Å². The third-order valence-corrected chi connectivity index (χ3v) is 5.77. The Morgan fingerprint density at radius 1 is 1.10 bits per heavy atom. The average molecular weight is 427 g/mol. The van der Waals surface area contributed by atoms with Crippen molar-refractivity contribution in [3.8, 4) is 5.75 Å². The maximum Gasteiger partial charge on any atom is 0.336 e. The van der Waals surface area contributed by atoms with Crippen molar-refractivity contribution < 1.29 is 28.6 Å². The van der Waals surface area contributed by atoms with Crippen LogP contribution in [0.3, 0.4) is 0 Å². The summed E-state index contributed by atoms with van der Waals surface area (Å²) in [6, 6.07) is 7.23. The highest BCUT2D eigenvalue weighted by molar-refractivity contribution is 6.12. The molecule has 0 amide bonds. The fourth-order valence-electron chi connectivity index (χ4n) is 4.39. The summed E-state index contributed by atoms with van der Waals surface area (Å²) in [5.74, 6) is -2.41. The Labute approximate surface area is 182 Å². The number of esters is 2. The van der Waals surface area contributed by atoms with Gasteiger partial charge < -0.3 is 19.5 Å². The second-order valence-corrected chi connectivity index (χ2v) is 7.76. The number of allylic oxidation sites excluding steroid dienone is 3. The minimum absolute atomic E-state index is 0.203. The number of dihydropyridines is 1. The van der Waals surface area contributed by atoms with Gasteiger partial charge in [-0.15, -0.1) is 0 Å². The molecule has 0 bridgehead atoms. The Kier molecular flexibility index (Phi) is 6.83. The van der Waals surface area contributed by atoms with E-state index in [2.05, 4.69) is 5.32 Å². The van der Waals surface area contributed by atoms with Gasteiger partial charge in [0.15, 0.2) is 5.78 Å². The zero-order valence-electron chi connectivity index (χ0n) is 18.6. The maximum absolute atomic E-state index is 13.6. The van der Waals surface area contributed by atoms with Crippen molar-refractivity contribution >= 4 is 17.7 Å². The van der Waals surface area contributed by atoms with Crippen molar-refractivity contribution in [1.29, 1.82) is 0 Å². The zero-order valence-corrected chi connectivity index (χ0v) is 18.6. The Hall–Kier alpha value is -3.09. The molecule has 166 valence electrons. The first-order valence-electron chi connectivity index (χ1n) is 10.6. The van der Waals surface area contributed by atoms with E-state index in [4.69, 9.17) is 14.2 Å². The SMILES string of the molecule is CCOC(=O)C1=C(C)NC2=C(C(=O)[C@H](C(=O)OCC)[C@H](C)C2)[C@@H]1c1ccc(OC)cc1. The monoisotopic (exact) mass is 427 g/mol. The van der Waals surface area contributed by atoms with Crippen LogP contribution in [0.1, 0.15) is 45.6 Å². The van der Waals surface area contributed by atoms with E-state index in [0.717, 1.165) is 11.3 Å². The summed E-state index contributed by atoms with van der Waals surface area (Å²) >= 11 is 0. The predicted octanol–water partition coefficient (Wildman–Crippen LogP) is 3.26. The Morgan fingerprint density at radius 2 is 1.74 bits per heavy atom. The van der Waals surface area contributed by atoms with Crippen molar-refractivity contribution in [1.82, 2.24) is 5.32 Å². The van der Waals surface area contributed by atoms with Crippen molar-refractivity contribution in [2.75, 3.05) is 20.3 Å². The number of methoxy groups -OCH3 is 1.